The lowest BCUT2D eigenvalue weighted by atomic mass is 10.1. The second-order valence-electron chi connectivity index (χ2n) is 4.62. The van der Waals surface area contributed by atoms with Crippen LogP contribution in [0.25, 0.3) is 0 Å². The molecule has 98 valence electrons. The van der Waals surface area contributed by atoms with E-state index in [9.17, 15) is 4.79 Å². The predicted molar refractivity (Wildman–Crippen MR) is 70.6 cm³/mol. The van der Waals surface area contributed by atoms with Gasteiger partial charge < -0.3 is 10.1 Å². The highest BCUT2D eigenvalue weighted by atomic mass is 16.5. The lowest BCUT2D eigenvalue weighted by molar-refractivity contribution is -0.131. The minimum Gasteiger partial charge on any atom is -0.427 e. The molecule has 1 aromatic rings. The van der Waals surface area contributed by atoms with Gasteiger partial charge in [-0.1, -0.05) is 12.1 Å². The van der Waals surface area contributed by atoms with Gasteiger partial charge in [0.25, 0.3) is 0 Å². The Morgan fingerprint density at radius 2 is 1.89 bits per heavy atom. The Balaban J connectivity index is 2.01. The molecule has 0 saturated carbocycles. The van der Waals surface area contributed by atoms with E-state index < -0.39 is 0 Å². The van der Waals surface area contributed by atoms with Gasteiger partial charge in [-0.3, -0.25) is 9.69 Å². The molecule has 0 aliphatic carbocycles. The third-order valence-electron chi connectivity index (χ3n) is 3.32. The monoisotopic (exact) mass is 248 g/mol. The second-order valence-corrected chi connectivity index (χ2v) is 4.62. The predicted octanol–water partition coefficient (Wildman–Crippen LogP) is 1.58. The molecule has 0 amide bonds. The Morgan fingerprint density at radius 1 is 1.28 bits per heavy atom. The number of nitrogens with zero attached hydrogens (tertiary/aromatic N) is 1. The van der Waals surface area contributed by atoms with E-state index in [1.54, 1.807) is 0 Å². The van der Waals surface area contributed by atoms with Crippen molar-refractivity contribution in [1.82, 2.24) is 10.2 Å². The van der Waals surface area contributed by atoms with Crippen LogP contribution in [0.3, 0.4) is 0 Å². The number of carbonyl (C=O) groups is 1. The van der Waals surface area contributed by atoms with E-state index in [0.717, 1.165) is 26.2 Å². The lowest BCUT2D eigenvalue weighted by Crippen LogP contribution is -2.44. The number of hydrogen-bond acceptors (Lipinski definition) is 4. The van der Waals surface area contributed by atoms with Crippen LogP contribution in [0.5, 0.6) is 5.75 Å². The fraction of sp³-hybridized carbons (Fsp3) is 0.500. The van der Waals surface area contributed by atoms with Crippen molar-refractivity contribution in [3.63, 3.8) is 0 Å². The summed E-state index contributed by atoms with van der Waals surface area (Å²) in [4.78, 5) is 13.3. The Hall–Kier alpha value is -1.39. The van der Waals surface area contributed by atoms with Crippen LogP contribution in [0.15, 0.2) is 24.3 Å². The second kappa shape index (κ2) is 5.98. The molecule has 1 aliphatic heterocycles. The van der Waals surface area contributed by atoms with Crippen molar-refractivity contribution in [2.24, 2.45) is 0 Å². The number of ether oxygens (including phenoxy) is 1. The maximum Gasteiger partial charge on any atom is 0.308 e. The standard InChI is InChI=1S/C14H20N2O2/c1-11(16-9-7-15-8-10-16)13-3-5-14(6-4-13)18-12(2)17/h3-6,11,15H,7-10H2,1-2H3/t11-/m1/s1. The van der Waals surface area contributed by atoms with Crippen molar-refractivity contribution in [2.45, 2.75) is 19.9 Å². The lowest BCUT2D eigenvalue weighted by Gasteiger charge is -2.33. The molecule has 18 heavy (non-hydrogen) atoms. The van der Waals surface area contributed by atoms with Crippen molar-refractivity contribution in [1.29, 1.82) is 0 Å². The molecule has 1 fully saturated rings. The summed E-state index contributed by atoms with van der Waals surface area (Å²) < 4.78 is 5.03. The summed E-state index contributed by atoms with van der Waals surface area (Å²) in [5.41, 5.74) is 1.26. The first-order valence-electron chi connectivity index (χ1n) is 6.40. The molecule has 0 unspecified atom stereocenters. The summed E-state index contributed by atoms with van der Waals surface area (Å²) >= 11 is 0. The highest BCUT2D eigenvalue weighted by molar-refractivity contribution is 5.69. The van der Waals surface area contributed by atoms with Gasteiger partial charge in [0.15, 0.2) is 0 Å². The average Bonchev–Trinajstić information content (AvgIpc) is 2.39. The maximum absolute atomic E-state index is 10.8. The zero-order valence-electron chi connectivity index (χ0n) is 11.0. The summed E-state index contributed by atoms with van der Waals surface area (Å²) in [6.07, 6.45) is 0. The smallest absolute Gasteiger partial charge is 0.308 e. The maximum atomic E-state index is 10.8. The van der Waals surface area contributed by atoms with Gasteiger partial charge in [0.1, 0.15) is 5.75 Å². The molecule has 0 radical (unpaired) electrons. The first-order valence-corrected chi connectivity index (χ1v) is 6.40. The Labute approximate surface area is 108 Å². The molecule has 1 aliphatic rings. The zero-order valence-corrected chi connectivity index (χ0v) is 11.0. The summed E-state index contributed by atoms with van der Waals surface area (Å²) in [6, 6.07) is 8.18. The number of rotatable bonds is 3. The van der Waals surface area contributed by atoms with E-state index in [0.29, 0.717) is 11.8 Å². The van der Waals surface area contributed by atoms with E-state index in [-0.39, 0.29) is 5.97 Å². The summed E-state index contributed by atoms with van der Waals surface area (Å²) in [6.45, 7) is 7.88. The number of hydrogen-bond donors (Lipinski definition) is 1. The van der Waals surface area contributed by atoms with Gasteiger partial charge in [-0.15, -0.1) is 0 Å². The van der Waals surface area contributed by atoms with Crippen LogP contribution < -0.4 is 10.1 Å². The normalized spacial score (nSPS) is 18.3. The van der Waals surface area contributed by atoms with Crippen molar-refractivity contribution >= 4 is 5.97 Å². The van der Waals surface area contributed by atoms with E-state index in [1.807, 2.05) is 24.3 Å². The highest BCUT2D eigenvalue weighted by Crippen LogP contribution is 2.22. The first-order chi connectivity index (χ1) is 8.66. The Morgan fingerprint density at radius 3 is 2.44 bits per heavy atom. The van der Waals surface area contributed by atoms with Gasteiger partial charge in [-0.25, -0.2) is 0 Å². The Kier molecular flexibility index (Phi) is 4.33. The van der Waals surface area contributed by atoms with Gasteiger partial charge in [0.05, 0.1) is 0 Å². The Bertz CT molecular complexity index is 397. The zero-order chi connectivity index (χ0) is 13.0. The number of esters is 1. The van der Waals surface area contributed by atoms with E-state index in [1.165, 1.54) is 12.5 Å². The van der Waals surface area contributed by atoms with Crippen LogP contribution in [-0.4, -0.2) is 37.0 Å². The SMILES string of the molecule is CC(=O)Oc1ccc([C@@H](C)N2CCNCC2)cc1. The number of nitrogens with one attached hydrogen (secondary N) is 1. The van der Waals surface area contributed by atoms with Gasteiger partial charge >= 0.3 is 5.97 Å². The van der Waals surface area contributed by atoms with Crippen molar-refractivity contribution < 1.29 is 9.53 Å². The molecule has 0 spiro atoms. The molecule has 0 aromatic heterocycles. The third kappa shape index (κ3) is 3.31. The van der Waals surface area contributed by atoms with Crippen molar-refractivity contribution in [2.75, 3.05) is 26.2 Å². The molecular formula is C14H20N2O2. The molecular weight excluding hydrogens is 228 g/mol. The van der Waals surface area contributed by atoms with E-state index in [2.05, 4.69) is 17.1 Å². The fourth-order valence-electron chi connectivity index (χ4n) is 2.26. The molecule has 1 atom stereocenters. The van der Waals surface area contributed by atoms with Crippen molar-refractivity contribution in [3.8, 4) is 5.75 Å². The summed E-state index contributed by atoms with van der Waals surface area (Å²) in [5.74, 6) is 0.330. The topological polar surface area (TPSA) is 41.6 Å². The van der Waals surface area contributed by atoms with Gasteiger partial charge in [0, 0.05) is 39.1 Å². The molecule has 4 heteroatoms. The molecule has 1 N–H and O–H groups in total. The first kappa shape index (κ1) is 13.1. The third-order valence-corrected chi connectivity index (χ3v) is 3.32. The highest BCUT2D eigenvalue weighted by Gasteiger charge is 2.17. The van der Waals surface area contributed by atoms with Crippen LogP contribution in [0.2, 0.25) is 0 Å². The molecule has 1 saturated heterocycles. The largest absolute Gasteiger partial charge is 0.427 e. The number of benzene rings is 1. The molecule has 1 heterocycles. The van der Waals surface area contributed by atoms with Crippen molar-refractivity contribution in [3.05, 3.63) is 29.8 Å². The summed E-state index contributed by atoms with van der Waals surface area (Å²) in [7, 11) is 0. The van der Waals surface area contributed by atoms with Crippen LogP contribution in [0.1, 0.15) is 25.5 Å². The minimum atomic E-state index is -0.280. The molecule has 1 aromatic carbocycles. The molecule has 0 bridgehead atoms. The van der Waals surface area contributed by atoms with Crippen LogP contribution >= 0.6 is 0 Å². The summed E-state index contributed by atoms with van der Waals surface area (Å²) in [5, 5.41) is 3.35. The quantitative estimate of drug-likeness (QED) is 0.651. The fourth-order valence-corrected chi connectivity index (χ4v) is 2.26. The van der Waals surface area contributed by atoms with Crippen LogP contribution in [0, 0.1) is 0 Å². The van der Waals surface area contributed by atoms with Gasteiger partial charge in [0.2, 0.25) is 0 Å². The van der Waals surface area contributed by atoms with Crippen LogP contribution in [0.4, 0.5) is 0 Å². The van der Waals surface area contributed by atoms with Gasteiger partial charge in [-0.05, 0) is 24.6 Å². The average molecular weight is 248 g/mol. The number of carbonyl (C=O) groups excluding carboxylic acids is 1. The molecule has 4 nitrogen and oxygen atoms in total. The number of piperazine rings is 1. The van der Waals surface area contributed by atoms with Gasteiger partial charge in [-0.2, -0.15) is 0 Å². The van der Waals surface area contributed by atoms with E-state index >= 15 is 0 Å². The van der Waals surface area contributed by atoms with Crippen LogP contribution in [-0.2, 0) is 4.79 Å². The van der Waals surface area contributed by atoms with E-state index in [4.69, 9.17) is 4.74 Å². The molecule has 2 rings (SSSR count). The minimum absolute atomic E-state index is 0.280.